The van der Waals surface area contributed by atoms with Crippen LogP contribution in [0.2, 0.25) is 0 Å². The molecule has 1 aromatic carbocycles. The molecule has 0 bridgehead atoms. The van der Waals surface area contributed by atoms with Gasteiger partial charge in [0.05, 0.1) is 4.47 Å². The molecule has 1 fully saturated rings. The van der Waals surface area contributed by atoms with Crippen LogP contribution in [-0.4, -0.2) is 5.11 Å². The number of phenolic OH excluding ortho intramolecular Hbond substituents is 1. The van der Waals surface area contributed by atoms with Gasteiger partial charge in [-0.3, -0.25) is 0 Å². The number of hydrogen-bond donors (Lipinski definition) is 1. The van der Waals surface area contributed by atoms with Crippen molar-refractivity contribution in [3.63, 3.8) is 0 Å². The lowest BCUT2D eigenvalue weighted by Gasteiger charge is -2.34. The van der Waals surface area contributed by atoms with Gasteiger partial charge in [0.25, 0.3) is 0 Å². The van der Waals surface area contributed by atoms with Gasteiger partial charge in [-0.25, -0.2) is 8.78 Å². The maximum Gasteiger partial charge on any atom is 0.147 e. The van der Waals surface area contributed by atoms with Crippen molar-refractivity contribution in [2.75, 3.05) is 0 Å². The summed E-state index contributed by atoms with van der Waals surface area (Å²) < 4.78 is 28.0. The van der Waals surface area contributed by atoms with E-state index in [1.807, 2.05) is 6.92 Å². The van der Waals surface area contributed by atoms with Gasteiger partial charge in [0, 0.05) is 11.6 Å². The number of phenols is 1. The molecule has 0 amide bonds. The fourth-order valence-corrected chi connectivity index (χ4v) is 3.03. The molecule has 0 radical (unpaired) electrons. The number of halogens is 3. The van der Waals surface area contributed by atoms with Gasteiger partial charge in [-0.1, -0.05) is 26.2 Å². The van der Waals surface area contributed by atoms with Crippen molar-refractivity contribution in [3.8, 4) is 5.75 Å². The zero-order valence-electron chi connectivity index (χ0n) is 9.69. The van der Waals surface area contributed by atoms with Crippen LogP contribution in [0.5, 0.6) is 5.75 Å². The van der Waals surface area contributed by atoms with E-state index in [0.717, 1.165) is 38.2 Å². The van der Waals surface area contributed by atoms with Gasteiger partial charge in [0.2, 0.25) is 0 Å². The molecule has 0 saturated heterocycles. The number of benzene rings is 1. The Bertz CT molecular complexity index is 440. The van der Waals surface area contributed by atoms with Gasteiger partial charge >= 0.3 is 0 Å². The van der Waals surface area contributed by atoms with Crippen LogP contribution in [0.15, 0.2) is 10.5 Å². The predicted molar refractivity (Wildman–Crippen MR) is 66.2 cm³/mol. The van der Waals surface area contributed by atoms with Crippen molar-refractivity contribution in [3.05, 3.63) is 27.7 Å². The summed E-state index contributed by atoms with van der Waals surface area (Å²) in [5.41, 5.74) is -0.343. The van der Waals surface area contributed by atoms with Crippen molar-refractivity contribution < 1.29 is 13.9 Å². The summed E-state index contributed by atoms with van der Waals surface area (Å²) in [7, 11) is 0. The second-order valence-corrected chi connectivity index (χ2v) is 5.79. The fourth-order valence-electron chi connectivity index (χ4n) is 2.72. The molecule has 94 valence electrons. The van der Waals surface area contributed by atoms with Crippen LogP contribution in [0.3, 0.4) is 0 Å². The Morgan fingerprint density at radius 1 is 1.24 bits per heavy atom. The zero-order valence-corrected chi connectivity index (χ0v) is 11.3. The highest BCUT2D eigenvalue weighted by Crippen LogP contribution is 2.44. The SMILES string of the molecule is CC1(c2c(F)cc(O)c(Br)c2F)CCCCC1. The highest BCUT2D eigenvalue weighted by Gasteiger charge is 2.35. The second kappa shape index (κ2) is 4.56. The van der Waals surface area contributed by atoms with Crippen LogP contribution >= 0.6 is 15.9 Å². The van der Waals surface area contributed by atoms with E-state index in [1.165, 1.54) is 0 Å². The van der Waals surface area contributed by atoms with Crippen LogP contribution < -0.4 is 0 Å². The minimum absolute atomic E-state index is 0.0410. The van der Waals surface area contributed by atoms with Gasteiger partial charge in [0.1, 0.15) is 17.4 Å². The molecule has 0 aromatic heterocycles. The quantitative estimate of drug-likeness (QED) is 0.749. The van der Waals surface area contributed by atoms with E-state index in [2.05, 4.69) is 15.9 Å². The smallest absolute Gasteiger partial charge is 0.147 e. The molecule has 0 spiro atoms. The van der Waals surface area contributed by atoms with Gasteiger partial charge in [-0.05, 0) is 34.2 Å². The molecule has 17 heavy (non-hydrogen) atoms. The minimum atomic E-state index is -0.660. The van der Waals surface area contributed by atoms with Crippen molar-refractivity contribution in [2.45, 2.75) is 44.4 Å². The molecule has 1 nitrogen and oxygen atoms in total. The summed E-state index contributed by atoms with van der Waals surface area (Å²) in [5, 5.41) is 9.36. The topological polar surface area (TPSA) is 20.2 Å². The lowest BCUT2D eigenvalue weighted by molar-refractivity contribution is 0.296. The largest absolute Gasteiger partial charge is 0.507 e. The van der Waals surface area contributed by atoms with Gasteiger partial charge < -0.3 is 5.11 Å². The minimum Gasteiger partial charge on any atom is -0.507 e. The fraction of sp³-hybridized carbons (Fsp3) is 0.538. The van der Waals surface area contributed by atoms with Crippen LogP contribution in [0.25, 0.3) is 0 Å². The van der Waals surface area contributed by atoms with Crippen molar-refractivity contribution in [1.29, 1.82) is 0 Å². The highest BCUT2D eigenvalue weighted by atomic mass is 79.9. The van der Waals surface area contributed by atoms with E-state index in [1.54, 1.807) is 0 Å². The molecule has 1 saturated carbocycles. The van der Waals surface area contributed by atoms with E-state index >= 15 is 0 Å². The maximum atomic E-state index is 14.1. The Morgan fingerprint density at radius 3 is 2.41 bits per heavy atom. The molecule has 1 aromatic rings. The third-order valence-electron chi connectivity index (χ3n) is 3.70. The first-order valence-electron chi connectivity index (χ1n) is 5.83. The molecular weight excluding hydrogens is 290 g/mol. The van der Waals surface area contributed by atoms with Gasteiger partial charge in [-0.15, -0.1) is 0 Å². The van der Waals surface area contributed by atoms with Crippen molar-refractivity contribution >= 4 is 15.9 Å². The molecule has 0 heterocycles. The molecule has 2 rings (SSSR count). The molecular formula is C13H15BrF2O. The normalized spacial score (nSPS) is 19.3. The Hall–Kier alpha value is -0.640. The first kappa shape index (κ1) is 12.8. The summed E-state index contributed by atoms with van der Waals surface area (Å²) in [5.74, 6) is -1.69. The van der Waals surface area contributed by atoms with Crippen molar-refractivity contribution in [2.24, 2.45) is 0 Å². The Labute approximate surface area is 108 Å². The van der Waals surface area contributed by atoms with E-state index in [4.69, 9.17) is 0 Å². The number of hydrogen-bond acceptors (Lipinski definition) is 1. The molecule has 1 N–H and O–H groups in total. The average molecular weight is 305 g/mol. The lowest BCUT2D eigenvalue weighted by atomic mass is 9.70. The molecule has 0 aliphatic heterocycles. The summed E-state index contributed by atoms with van der Waals surface area (Å²) in [6, 6.07) is 0.988. The Morgan fingerprint density at radius 2 is 1.82 bits per heavy atom. The predicted octanol–water partition coefficient (Wildman–Crippen LogP) is 4.65. The first-order valence-corrected chi connectivity index (χ1v) is 6.62. The summed E-state index contributed by atoms with van der Waals surface area (Å²) >= 11 is 2.96. The standard InChI is InChI=1S/C13H15BrF2O/c1-13(5-3-2-4-6-13)10-8(15)7-9(17)11(14)12(10)16/h7,17H,2-6H2,1H3. The van der Waals surface area contributed by atoms with Gasteiger partial charge in [-0.2, -0.15) is 0 Å². The highest BCUT2D eigenvalue weighted by molar-refractivity contribution is 9.10. The lowest BCUT2D eigenvalue weighted by Crippen LogP contribution is -2.28. The number of rotatable bonds is 1. The van der Waals surface area contributed by atoms with E-state index in [0.29, 0.717) is 0 Å². The summed E-state index contributed by atoms with van der Waals surface area (Å²) in [6.07, 6.45) is 4.69. The van der Waals surface area contributed by atoms with Gasteiger partial charge in [0.15, 0.2) is 0 Å². The van der Waals surface area contributed by atoms with Crippen LogP contribution in [-0.2, 0) is 5.41 Å². The second-order valence-electron chi connectivity index (χ2n) is 5.00. The maximum absolute atomic E-state index is 14.1. The van der Waals surface area contributed by atoms with E-state index in [9.17, 15) is 13.9 Å². The Balaban J connectivity index is 2.54. The van der Waals surface area contributed by atoms with E-state index in [-0.39, 0.29) is 15.8 Å². The molecule has 1 aliphatic carbocycles. The Kier molecular flexibility index (Phi) is 3.43. The van der Waals surface area contributed by atoms with Crippen molar-refractivity contribution in [1.82, 2.24) is 0 Å². The molecule has 0 atom stereocenters. The van der Waals surface area contributed by atoms with Crippen LogP contribution in [0.4, 0.5) is 8.78 Å². The zero-order chi connectivity index (χ0) is 12.6. The number of aromatic hydroxyl groups is 1. The third-order valence-corrected chi connectivity index (χ3v) is 4.45. The molecule has 4 heteroatoms. The van der Waals surface area contributed by atoms with Crippen LogP contribution in [0.1, 0.15) is 44.6 Å². The van der Waals surface area contributed by atoms with Crippen LogP contribution in [0, 0.1) is 11.6 Å². The monoisotopic (exact) mass is 304 g/mol. The third kappa shape index (κ3) is 2.19. The summed E-state index contributed by atoms with van der Waals surface area (Å²) in [4.78, 5) is 0. The molecule has 1 aliphatic rings. The summed E-state index contributed by atoms with van der Waals surface area (Å²) in [6.45, 7) is 1.90. The average Bonchev–Trinajstić information content (AvgIpc) is 2.26. The van der Waals surface area contributed by atoms with E-state index < -0.39 is 17.0 Å². The molecule has 0 unspecified atom stereocenters. The first-order chi connectivity index (χ1) is 7.96.